The monoisotopic (exact) mass is 387 g/mol. The number of anilines is 1. The van der Waals surface area contributed by atoms with E-state index in [0.29, 0.717) is 6.79 Å². The van der Waals surface area contributed by atoms with Gasteiger partial charge in [0.15, 0.2) is 17.3 Å². The molecule has 4 heterocycles. The van der Waals surface area contributed by atoms with Crippen molar-refractivity contribution in [2.75, 3.05) is 37.9 Å². The summed E-state index contributed by atoms with van der Waals surface area (Å²) in [4.78, 5) is 17.5. The molecule has 2 aliphatic rings. The molecule has 29 heavy (non-hydrogen) atoms. The van der Waals surface area contributed by atoms with Gasteiger partial charge in [0.1, 0.15) is 17.4 Å². The first-order chi connectivity index (χ1) is 14.3. The summed E-state index contributed by atoms with van der Waals surface area (Å²) < 4.78 is 10.9. The number of para-hydroxylation sites is 1. The van der Waals surface area contributed by atoms with Gasteiger partial charge in [-0.3, -0.25) is 4.90 Å². The van der Waals surface area contributed by atoms with Crippen LogP contribution < -0.4 is 14.4 Å². The molecule has 0 unspecified atom stereocenters. The van der Waals surface area contributed by atoms with E-state index in [9.17, 15) is 0 Å². The summed E-state index contributed by atoms with van der Waals surface area (Å²) in [6.07, 6.45) is 1.68. The molecule has 0 spiro atoms. The van der Waals surface area contributed by atoms with Crippen molar-refractivity contribution in [3.63, 3.8) is 0 Å². The molecule has 1 N–H and O–H groups in total. The van der Waals surface area contributed by atoms with Crippen molar-refractivity contribution >= 4 is 27.8 Å². The van der Waals surface area contributed by atoms with Gasteiger partial charge in [0.2, 0.25) is 6.79 Å². The summed E-state index contributed by atoms with van der Waals surface area (Å²) in [5.74, 6) is 2.68. The van der Waals surface area contributed by atoms with E-state index < -0.39 is 0 Å². The number of nitrogens with one attached hydrogen (secondary N) is 1. The van der Waals surface area contributed by atoms with Gasteiger partial charge in [-0.2, -0.15) is 0 Å². The van der Waals surface area contributed by atoms with Crippen LogP contribution in [-0.4, -0.2) is 52.8 Å². The van der Waals surface area contributed by atoms with E-state index in [2.05, 4.69) is 49.0 Å². The molecular formula is C22H21N5O2. The Bertz CT molecular complexity index is 1200. The van der Waals surface area contributed by atoms with E-state index in [1.54, 1.807) is 6.33 Å². The number of aromatic amines is 1. The van der Waals surface area contributed by atoms with Crippen molar-refractivity contribution in [3.05, 3.63) is 54.4 Å². The smallest absolute Gasteiger partial charge is 0.231 e. The number of ether oxygens (including phenoxy) is 2. The molecule has 4 aromatic rings. The molecule has 146 valence electrons. The molecule has 0 amide bonds. The molecule has 7 nitrogen and oxygen atoms in total. The van der Waals surface area contributed by atoms with Gasteiger partial charge in [0, 0.05) is 43.6 Å². The highest BCUT2D eigenvalue weighted by Crippen LogP contribution is 2.33. The van der Waals surface area contributed by atoms with E-state index in [-0.39, 0.29) is 0 Å². The van der Waals surface area contributed by atoms with Gasteiger partial charge in [-0.05, 0) is 23.8 Å². The topological polar surface area (TPSA) is 66.5 Å². The molecule has 0 saturated carbocycles. The first-order valence-corrected chi connectivity index (χ1v) is 9.92. The van der Waals surface area contributed by atoms with Gasteiger partial charge in [0.05, 0.1) is 0 Å². The third-order valence-corrected chi connectivity index (χ3v) is 5.78. The summed E-state index contributed by atoms with van der Waals surface area (Å²) in [7, 11) is 0. The standard InChI is InChI=1S/C22H21N5O2/c1-2-4-17-16(3-1)20-21(25-17)22(24-13-23-20)27-9-7-26(8-10-27)12-15-5-6-18-19(11-15)29-14-28-18/h1-6,11,13,25H,7-10,12,14H2. The van der Waals surface area contributed by atoms with Gasteiger partial charge in [-0.1, -0.05) is 24.3 Å². The molecule has 1 fully saturated rings. The van der Waals surface area contributed by atoms with Gasteiger partial charge in [0.25, 0.3) is 0 Å². The quantitative estimate of drug-likeness (QED) is 0.583. The normalized spacial score (nSPS) is 16.8. The van der Waals surface area contributed by atoms with Crippen molar-refractivity contribution in [1.29, 1.82) is 0 Å². The third kappa shape index (κ3) is 2.86. The molecule has 0 atom stereocenters. The number of fused-ring (bicyclic) bond motifs is 4. The Hall–Kier alpha value is -3.32. The highest BCUT2D eigenvalue weighted by atomic mass is 16.7. The molecule has 1 saturated heterocycles. The number of H-pyrrole nitrogens is 1. The maximum absolute atomic E-state index is 5.50. The average Bonchev–Trinajstić information content (AvgIpc) is 3.38. The minimum Gasteiger partial charge on any atom is -0.454 e. The minimum absolute atomic E-state index is 0.318. The van der Waals surface area contributed by atoms with Gasteiger partial charge in [-0.15, -0.1) is 0 Å². The van der Waals surface area contributed by atoms with E-state index in [4.69, 9.17) is 9.47 Å². The van der Waals surface area contributed by atoms with Crippen LogP contribution in [0.2, 0.25) is 0 Å². The van der Waals surface area contributed by atoms with Crippen LogP contribution in [0.15, 0.2) is 48.8 Å². The van der Waals surface area contributed by atoms with Gasteiger partial charge >= 0.3 is 0 Å². The summed E-state index contributed by atoms with van der Waals surface area (Å²) >= 11 is 0. The fourth-order valence-electron chi connectivity index (χ4n) is 4.28. The highest BCUT2D eigenvalue weighted by Gasteiger charge is 2.22. The van der Waals surface area contributed by atoms with Crippen molar-refractivity contribution < 1.29 is 9.47 Å². The van der Waals surface area contributed by atoms with E-state index in [1.807, 2.05) is 18.2 Å². The molecule has 0 aliphatic carbocycles. The number of piperazine rings is 1. The molecule has 7 heteroatoms. The lowest BCUT2D eigenvalue weighted by Gasteiger charge is -2.35. The van der Waals surface area contributed by atoms with Crippen LogP contribution in [0.3, 0.4) is 0 Å². The number of hydrogen-bond acceptors (Lipinski definition) is 6. The highest BCUT2D eigenvalue weighted by molar-refractivity contribution is 6.08. The summed E-state index contributed by atoms with van der Waals surface area (Å²) in [5, 5.41) is 1.15. The lowest BCUT2D eigenvalue weighted by atomic mass is 10.1. The zero-order chi connectivity index (χ0) is 19.2. The predicted molar refractivity (Wildman–Crippen MR) is 111 cm³/mol. The van der Waals surface area contributed by atoms with Crippen molar-refractivity contribution in [3.8, 4) is 11.5 Å². The second-order valence-electron chi connectivity index (χ2n) is 7.54. The Kier molecular flexibility index (Phi) is 3.80. The Morgan fingerprint density at radius 2 is 1.79 bits per heavy atom. The van der Waals surface area contributed by atoms with Crippen molar-refractivity contribution in [2.24, 2.45) is 0 Å². The van der Waals surface area contributed by atoms with Crippen molar-refractivity contribution in [1.82, 2.24) is 19.9 Å². The molecule has 0 bridgehead atoms. The largest absolute Gasteiger partial charge is 0.454 e. The van der Waals surface area contributed by atoms with Gasteiger partial charge in [-0.25, -0.2) is 9.97 Å². The molecule has 0 radical (unpaired) electrons. The molecule has 2 aromatic heterocycles. The predicted octanol–water partition coefficient (Wildman–Crippen LogP) is 3.16. The van der Waals surface area contributed by atoms with Crippen LogP contribution in [-0.2, 0) is 6.54 Å². The second-order valence-corrected chi connectivity index (χ2v) is 7.54. The molecule has 6 rings (SSSR count). The van der Waals surface area contributed by atoms with Crippen molar-refractivity contribution in [2.45, 2.75) is 6.54 Å². The van der Waals surface area contributed by atoms with Crippen LogP contribution >= 0.6 is 0 Å². The van der Waals surface area contributed by atoms with Crippen LogP contribution in [0, 0.1) is 0 Å². The maximum Gasteiger partial charge on any atom is 0.231 e. The number of nitrogens with zero attached hydrogens (tertiary/aromatic N) is 4. The van der Waals surface area contributed by atoms with E-state index in [1.165, 1.54) is 5.56 Å². The lowest BCUT2D eigenvalue weighted by molar-refractivity contribution is 0.174. The summed E-state index contributed by atoms with van der Waals surface area (Å²) in [6, 6.07) is 14.5. The number of hydrogen-bond donors (Lipinski definition) is 1. The number of benzene rings is 2. The second kappa shape index (κ2) is 6.63. The summed E-state index contributed by atoms with van der Waals surface area (Å²) in [5.41, 5.74) is 4.37. The number of aromatic nitrogens is 3. The number of rotatable bonds is 3. The lowest BCUT2D eigenvalue weighted by Crippen LogP contribution is -2.46. The Labute approximate surface area is 167 Å². The first-order valence-electron chi connectivity index (χ1n) is 9.92. The molecule has 2 aliphatic heterocycles. The van der Waals surface area contributed by atoms with Crippen LogP contribution in [0.1, 0.15) is 5.56 Å². The Morgan fingerprint density at radius 3 is 2.72 bits per heavy atom. The fourth-order valence-corrected chi connectivity index (χ4v) is 4.28. The third-order valence-electron chi connectivity index (χ3n) is 5.78. The van der Waals surface area contributed by atoms with Gasteiger partial charge < -0.3 is 19.4 Å². The fraction of sp³-hybridized carbons (Fsp3) is 0.273. The Balaban J connectivity index is 1.20. The first kappa shape index (κ1) is 16.6. The zero-order valence-electron chi connectivity index (χ0n) is 16.0. The molecular weight excluding hydrogens is 366 g/mol. The molecule has 2 aromatic carbocycles. The van der Waals surface area contributed by atoms with E-state index in [0.717, 1.165) is 72.0 Å². The minimum atomic E-state index is 0.318. The zero-order valence-corrected chi connectivity index (χ0v) is 16.0. The Morgan fingerprint density at radius 1 is 0.931 bits per heavy atom. The SMILES string of the molecule is c1ccc2c(c1)[nH]c1c(N3CCN(Cc4ccc5c(c4)OCO5)CC3)ncnc12. The van der Waals surface area contributed by atoms with Crippen LogP contribution in [0.4, 0.5) is 5.82 Å². The van der Waals surface area contributed by atoms with Crippen LogP contribution in [0.5, 0.6) is 11.5 Å². The maximum atomic E-state index is 5.50. The summed E-state index contributed by atoms with van der Waals surface area (Å²) in [6.45, 7) is 5.08. The van der Waals surface area contributed by atoms with Crippen LogP contribution in [0.25, 0.3) is 21.9 Å². The average molecular weight is 387 g/mol. The van der Waals surface area contributed by atoms with E-state index >= 15 is 0 Å².